The van der Waals surface area contributed by atoms with Gasteiger partial charge >= 0.3 is 0 Å². The van der Waals surface area contributed by atoms with Gasteiger partial charge in [0.15, 0.2) is 9.84 Å². The molecule has 1 aliphatic rings. The summed E-state index contributed by atoms with van der Waals surface area (Å²) in [6, 6.07) is 10.0. The Morgan fingerprint density at radius 1 is 1.19 bits per heavy atom. The fourth-order valence-electron chi connectivity index (χ4n) is 3.26. The molecule has 140 valence electrons. The fourth-order valence-corrected chi connectivity index (χ4v) is 5.03. The number of benzene rings is 1. The van der Waals surface area contributed by atoms with Crippen LogP contribution in [0.3, 0.4) is 0 Å². The van der Waals surface area contributed by atoms with Crippen molar-refractivity contribution < 1.29 is 8.42 Å². The van der Waals surface area contributed by atoms with Gasteiger partial charge in [-0.15, -0.1) is 0 Å². The van der Waals surface area contributed by atoms with E-state index in [1.54, 1.807) is 0 Å². The molecule has 0 spiro atoms. The molecular formula is C19H26N4O2S. The lowest BCUT2D eigenvalue weighted by Gasteiger charge is -2.25. The first-order chi connectivity index (χ1) is 12.2. The lowest BCUT2D eigenvalue weighted by atomic mass is 9.86. The predicted octanol–water partition coefficient (Wildman–Crippen LogP) is 3.14. The Balaban J connectivity index is 1.83. The third-order valence-corrected chi connectivity index (χ3v) is 6.52. The van der Waals surface area contributed by atoms with Gasteiger partial charge in [0.2, 0.25) is 0 Å². The smallest absolute Gasteiger partial charge is 0.152 e. The molecule has 1 aromatic heterocycles. The average molecular weight is 375 g/mol. The molecule has 2 aromatic rings. The van der Waals surface area contributed by atoms with Gasteiger partial charge < -0.3 is 10.2 Å². The van der Waals surface area contributed by atoms with E-state index in [-0.39, 0.29) is 23.0 Å². The van der Waals surface area contributed by atoms with Crippen molar-refractivity contribution in [3.05, 3.63) is 42.2 Å². The van der Waals surface area contributed by atoms with Crippen LogP contribution in [0.4, 0.5) is 17.3 Å². The van der Waals surface area contributed by atoms with Crippen LogP contribution in [-0.4, -0.2) is 43.0 Å². The van der Waals surface area contributed by atoms with Gasteiger partial charge in [0, 0.05) is 24.8 Å². The third-order valence-electron chi connectivity index (χ3n) is 4.77. The monoisotopic (exact) mass is 374 g/mol. The van der Waals surface area contributed by atoms with Crippen LogP contribution in [0.15, 0.2) is 36.7 Å². The van der Waals surface area contributed by atoms with E-state index in [0.29, 0.717) is 12.2 Å². The Hall–Kier alpha value is -2.15. The van der Waals surface area contributed by atoms with E-state index >= 15 is 0 Å². The van der Waals surface area contributed by atoms with Gasteiger partial charge in [-0.2, -0.15) is 0 Å². The largest absolute Gasteiger partial charge is 0.355 e. The Labute approximate surface area is 155 Å². The molecule has 0 radical (unpaired) electrons. The van der Waals surface area contributed by atoms with Crippen molar-refractivity contribution in [2.24, 2.45) is 0 Å². The molecule has 1 atom stereocenters. The van der Waals surface area contributed by atoms with E-state index in [9.17, 15) is 8.42 Å². The maximum Gasteiger partial charge on any atom is 0.152 e. The van der Waals surface area contributed by atoms with Crippen LogP contribution in [0.25, 0.3) is 0 Å². The number of para-hydroxylation sites is 1. The molecular weight excluding hydrogens is 348 g/mol. The minimum absolute atomic E-state index is 0.00839. The van der Waals surface area contributed by atoms with E-state index in [1.165, 1.54) is 11.9 Å². The molecule has 0 bridgehead atoms. The van der Waals surface area contributed by atoms with E-state index in [0.717, 1.165) is 11.5 Å². The van der Waals surface area contributed by atoms with Crippen molar-refractivity contribution in [2.45, 2.75) is 38.6 Å². The highest BCUT2D eigenvalue weighted by molar-refractivity contribution is 7.91. The second kappa shape index (κ2) is 6.87. The molecule has 1 aliphatic heterocycles. The van der Waals surface area contributed by atoms with Gasteiger partial charge in [-0.1, -0.05) is 39.0 Å². The topological polar surface area (TPSA) is 75.2 Å². The highest BCUT2D eigenvalue weighted by Crippen LogP contribution is 2.31. The van der Waals surface area contributed by atoms with Crippen LogP contribution >= 0.6 is 0 Å². The summed E-state index contributed by atoms with van der Waals surface area (Å²) in [4.78, 5) is 10.6. The number of nitrogens with one attached hydrogen (secondary N) is 1. The molecule has 0 aliphatic carbocycles. The maximum atomic E-state index is 11.7. The summed E-state index contributed by atoms with van der Waals surface area (Å²) >= 11 is 0. The van der Waals surface area contributed by atoms with E-state index in [1.807, 2.05) is 36.2 Å². The number of hydrogen-bond acceptors (Lipinski definition) is 6. The zero-order valence-corrected chi connectivity index (χ0v) is 16.5. The molecule has 1 N–H and O–H groups in total. The molecule has 3 rings (SSSR count). The number of aromatic nitrogens is 2. The molecule has 1 saturated heterocycles. The summed E-state index contributed by atoms with van der Waals surface area (Å²) in [7, 11) is -1.04. The minimum Gasteiger partial charge on any atom is -0.355 e. The van der Waals surface area contributed by atoms with Crippen LogP contribution in [0, 0.1) is 0 Å². The standard InChI is InChI=1S/C19H26N4O2S/c1-19(2,3)15-7-5-6-8-16(15)22-17-11-18(21-13-20-17)23(4)14-9-10-26(24,25)12-14/h5-8,11,13-14H,9-10,12H2,1-4H3,(H,20,21,22). The molecule has 1 unspecified atom stereocenters. The average Bonchev–Trinajstić information content (AvgIpc) is 2.94. The van der Waals surface area contributed by atoms with Gasteiger partial charge in [0.05, 0.1) is 11.5 Å². The van der Waals surface area contributed by atoms with Crippen molar-refractivity contribution in [3.63, 3.8) is 0 Å². The SMILES string of the molecule is CN(c1cc(Nc2ccccc2C(C)(C)C)ncn1)C1CCS(=O)(=O)C1. The highest BCUT2D eigenvalue weighted by Gasteiger charge is 2.31. The molecule has 7 heteroatoms. The third kappa shape index (κ3) is 4.15. The molecule has 0 saturated carbocycles. The predicted molar refractivity (Wildman–Crippen MR) is 106 cm³/mol. The van der Waals surface area contributed by atoms with E-state index < -0.39 is 9.84 Å². The molecule has 1 fully saturated rings. The van der Waals surface area contributed by atoms with Crippen molar-refractivity contribution in [1.82, 2.24) is 9.97 Å². The Bertz CT molecular complexity index is 890. The maximum absolute atomic E-state index is 11.7. The normalized spacial score (nSPS) is 19.3. The first-order valence-corrected chi connectivity index (χ1v) is 10.6. The Morgan fingerprint density at radius 3 is 2.58 bits per heavy atom. The summed E-state index contributed by atoms with van der Waals surface area (Å²) in [5.41, 5.74) is 2.22. The summed E-state index contributed by atoms with van der Waals surface area (Å²) < 4.78 is 23.5. The van der Waals surface area contributed by atoms with Crippen LogP contribution < -0.4 is 10.2 Å². The fraction of sp³-hybridized carbons (Fsp3) is 0.474. The molecule has 6 nitrogen and oxygen atoms in total. The lowest BCUT2D eigenvalue weighted by Crippen LogP contribution is -2.33. The van der Waals surface area contributed by atoms with Gasteiger partial charge in [0.1, 0.15) is 18.0 Å². The van der Waals surface area contributed by atoms with Crippen molar-refractivity contribution in [2.75, 3.05) is 28.8 Å². The summed E-state index contributed by atoms with van der Waals surface area (Å²) in [6.07, 6.45) is 2.15. The zero-order valence-electron chi connectivity index (χ0n) is 15.7. The number of hydrogen-bond donors (Lipinski definition) is 1. The van der Waals surface area contributed by atoms with Crippen LogP contribution in [0.5, 0.6) is 0 Å². The van der Waals surface area contributed by atoms with E-state index in [4.69, 9.17) is 0 Å². The Morgan fingerprint density at radius 2 is 1.92 bits per heavy atom. The molecule has 2 heterocycles. The second-order valence-electron chi connectivity index (χ2n) is 7.85. The number of nitrogens with zero attached hydrogens (tertiary/aromatic N) is 3. The van der Waals surface area contributed by atoms with Crippen LogP contribution in [0.2, 0.25) is 0 Å². The van der Waals surface area contributed by atoms with Crippen molar-refractivity contribution in [1.29, 1.82) is 0 Å². The first-order valence-electron chi connectivity index (χ1n) is 8.77. The first kappa shape index (κ1) is 18.6. The Kier molecular flexibility index (Phi) is 4.92. The van der Waals surface area contributed by atoms with Crippen molar-refractivity contribution in [3.8, 4) is 0 Å². The van der Waals surface area contributed by atoms with Gasteiger partial charge in [-0.05, 0) is 23.5 Å². The van der Waals surface area contributed by atoms with Crippen molar-refractivity contribution >= 4 is 27.2 Å². The number of sulfone groups is 1. The molecule has 26 heavy (non-hydrogen) atoms. The number of anilines is 3. The molecule has 1 aromatic carbocycles. The lowest BCUT2D eigenvalue weighted by molar-refractivity contribution is 0.592. The summed E-state index contributed by atoms with van der Waals surface area (Å²) in [6.45, 7) is 6.52. The van der Waals surface area contributed by atoms with Gasteiger partial charge in [-0.25, -0.2) is 18.4 Å². The summed E-state index contributed by atoms with van der Waals surface area (Å²) in [5.74, 6) is 1.84. The zero-order chi connectivity index (χ0) is 18.9. The van der Waals surface area contributed by atoms with Crippen LogP contribution in [-0.2, 0) is 15.3 Å². The second-order valence-corrected chi connectivity index (χ2v) is 10.1. The molecule has 0 amide bonds. The van der Waals surface area contributed by atoms with Crippen LogP contribution in [0.1, 0.15) is 32.8 Å². The highest BCUT2D eigenvalue weighted by atomic mass is 32.2. The number of rotatable bonds is 4. The van der Waals surface area contributed by atoms with E-state index in [2.05, 4.69) is 42.1 Å². The van der Waals surface area contributed by atoms with Gasteiger partial charge in [0.25, 0.3) is 0 Å². The minimum atomic E-state index is -2.93. The summed E-state index contributed by atoms with van der Waals surface area (Å²) in [5, 5.41) is 3.39. The van der Waals surface area contributed by atoms with Gasteiger partial charge in [-0.3, -0.25) is 0 Å². The quantitative estimate of drug-likeness (QED) is 0.886.